The largest absolute Gasteiger partial charge is 0.359 e. The van der Waals surface area contributed by atoms with E-state index in [1.165, 1.54) is 0 Å². The lowest BCUT2D eigenvalue weighted by molar-refractivity contribution is -0.122. The van der Waals surface area contributed by atoms with Gasteiger partial charge >= 0.3 is 0 Å². The molecule has 1 amide bonds. The number of carbonyl (C=O) groups is 1. The van der Waals surface area contributed by atoms with E-state index < -0.39 is 4.33 Å². The van der Waals surface area contributed by atoms with E-state index in [0.717, 1.165) is 0 Å². The Bertz CT molecular complexity index is 187. The predicted octanol–water partition coefficient (Wildman–Crippen LogP) is 1.56. The van der Waals surface area contributed by atoms with Crippen LogP contribution in [0.4, 0.5) is 0 Å². The van der Waals surface area contributed by atoms with Crippen molar-refractivity contribution in [3.8, 4) is 0 Å². The van der Waals surface area contributed by atoms with Crippen molar-refractivity contribution in [2.75, 3.05) is 7.05 Å². The molecule has 1 aliphatic rings. The van der Waals surface area contributed by atoms with E-state index in [2.05, 4.69) is 5.32 Å². The number of alkyl halides is 2. The van der Waals surface area contributed by atoms with Gasteiger partial charge in [-0.2, -0.15) is 0 Å². The minimum absolute atomic E-state index is 0.0833. The van der Waals surface area contributed by atoms with Crippen molar-refractivity contribution >= 4 is 29.1 Å². The van der Waals surface area contributed by atoms with Gasteiger partial charge in [0.15, 0.2) is 0 Å². The highest BCUT2D eigenvalue weighted by atomic mass is 35.5. The molecule has 0 aromatic carbocycles. The van der Waals surface area contributed by atoms with Crippen molar-refractivity contribution in [2.24, 2.45) is 11.3 Å². The number of hydrogen-bond donors (Lipinski definition) is 1. The fraction of sp³-hybridized carbons (Fsp3) is 0.857. The average molecular weight is 196 g/mol. The maximum absolute atomic E-state index is 11.1. The zero-order chi connectivity index (χ0) is 8.86. The van der Waals surface area contributed by atoms with Gasteiger partial charge in [-0.3, -0.25) is 4.79 Å². The summed E-state index contributed by atoms with van der Waals surface area (Å²) in [5.74, 6) is -0.358. The van der Waals surface area contributed by atoms with E-state index >= 15 is 0 Å². The number of hydrogen-bond acceptors (Lipinski definition) is 1. The minimum atomic E-state index is -0.882. The average Bonchev–Trinajstić information content (AvgIpc) is 2.24. The zero-order valence-electron chi connectivity index (χ0n) is 6.74. The summed E-state index contributed by atoms with van der Waals surface area (Å²) in [6, 6.07) is 0. The Morgan fingerprint density at radius 2 is 1.82 bits per heavy atom. The van der Waals surface area contributed by atoms with E-state index in [9.17, 15) is 4.79 Å². The van der Waals surface area contributed by atoms with Crippen molar-refractivity contribution in [2.45, 2.75) is 18.2 Å². The first-order chi connectivity index (χ1) is 4.85. The molecule has 0 aromatic heterocycles. The van der Waals surface area contributed by atoms with Crippen LogP contribution < -0.4 is 5.32 Å². The van der Waals surface area contributed by atoms with Crippen LogP contribution in [0.25, 0.3) is 0 Å². The molecule has 0 saturated heterocycles. The molecule has 0 heterocycles. The topological polar surface area (TPSA) is 29.1 Å². The summed E-state index contributed by atoms with van der Waals surface area (Å²) in [6.07, 6.45) is 0. The third kappa shape index (κ3) is 1.04. The molecular weight excluding hydrogens is 185 g/mol. The van der Waals surface area contributed by atoms with Crippen molar-refractivity contribution in [1.29, 1.82) is 0 Å². The van der Waals surface area contributed by atoms with E-state index in [4.69, 9.17) is 23.2 Å². The standard InChI is InChI=1S/C7H11Cl2NO/c1-6(2)4(5(11)10-3)7(6,8)9/h4H,1-3H3,(H,10,11). The molecule has 0 bridgehead atoms. The van der Waals surface area contributed by atoms with Crippen LogP contribution in [-0.2, 0) is 4.79 Å². The number of amides is 1. The van der Waals surface area contributed by atoms with Crippen molar-refractivity contribution in [3.63, 3.8) is 0 Å². The molecule has 0 radical (unpaired) electrons. The summed E-state index contributed by atoms with van der Waals surface area (Å²) in [7, 11) is 1.58. The quantitative estimate of drug-likeness (QED) is 0.633. The summed E-state index contributed by atoms with van der Waals surface area (Å²) in [6.45, 7) is 3.76. The Kier molecular flexibility index (Phi) is 1.88. The molecule has 2 nitrogen and oxygen atoms in total. The zero-order valence-corrected chi connectivity index (χ0v) is 8.25. The Labute approximate surface area is 76.2 Å². The molecule has 1 saturated carbocycles. The lowest BCUT2D eigenvalue weighted by Gasteiger charge is -1.99. The summed E-state index contributed by atoms with van der Waals surface area (Å²) in [5.41, 5.74) is -0.295. The molecule has 64 valence electrons. The molecular formula is C7H11Cl2NO. The smallest absolute Gasteiger partial charge is 0.226 e. The first-order valence-electron chi connectivity index (χ1n) is 3.45. The lowest BCUT2D eigenvalue weighted by Crippen LogP contribution is -2.22. The molecule has 0 spiro atoms. The van der Waals surface area contributed by atoms with Gasteiger partial charge in [-0.1, -0.05) is 13.8 Å². The maximum Gasteiger partial charge on any atom is 0.226 e. The van der Waals surface area contributed by atoms with Crippen LogP contribution in [0.3, 0.4) is 0 Å². The SMILES string of the molecule is CNC(=O)C1C(C)(C)C1(Cl)Cl. The number of carbonyl (C=O) groups excluding carboxylic acids is 1. The Balaban J connectivity index is 2.75. The highest BCUT2D eigenvalue weighted by Gasteiger charge is 2.73. The van der Waals surface area contributed by atoms with Gasteiger partial charge in [-0.05, 0) is 0 Å². The van der Waals surface area contributed by atoms with Crippen LogP contribution in [-0.4, -0.2) is 17.3 Å². The van der Waals surface area contributed by atoms with Crippen LogP contribution in [0.5, 0.6) is 0 Å². The summed E-state index contributed by atoms with van der Waals surface area (Å²) < 4.78 is -0.882. The first-order valence-corrected chi connectivity index (χ1v) is 4.20. The normalized spacial score (nSPS) is 31.2. The molecule has 1 N–H and O–H groups in total. The molecule has 1 atom stereocenters. The fourth-order valence-electron chi connectivity index (χ4n) is 1.29. The molecule has 1 aliphatic carbocycles. The van der Waals surface area contributed by atoms with Gasteiger partial charge in [0.05, 0.1) is 5.92 Å². The van der Waals surface area contributed by atoms with E-state index in [0.29, 0.717) is 0 Å². The van der Waals surface area contributed by atoms with E-state index in [1.54, 1.807) is 7.05 Å². The molecule has 1 unspecified atom stereocenters. The van der Waals surface area contributed by atoms with Crippen LogP contribution >= 0.6 is 23.2 Å². The van der Waals surface area contributed by atoms with Crippen LogP contribution in [0.15, 0.2) is 0 Å². The molecule has 0 aromatic rings. The van der Waals surface area contributed by atoms with Gasteiger partial charge in [0.2, 0.25) is 5.91 Å². The van der Waals surface area contributed by atoms with Gasteiger partial charge < -0.3 is 5.32 Å². The van der Waals surface area contributed by atoms with Gasteiger partial charge in [-0.15, -0.1) is 23.2 Å². The number of rotatable bonds is 1. The second-order valence-corrected chi connectivity index (χ2v) is 4.78. The fourth-order valence-corrected chi connectivity index (χ4v) is 2.15. The predicted molar refractivity (Wildman–Crippen MR) is 45.8 cm³/mol. The summed E-state index contributed by atoms with van der Waals surface area (Å²) >= 11 is 11.8. The lowest BCUT2D eigenvalue weighted by atomic mass is 10.1. The van der Waals surface area contributed by atoms with Crippen molar-refractivity contribution in [1.82, 2.24) is 5.32 Å². The number of halogens is 2. The van der Waals surface area contributed by atoms with Gasteiger partial charge in [0.1, 0.15) is 4.33 Å². The Hall–Kier alpha value is 0.0500. The minimum Gasteiger partial charge on any atom is -0.359 e. The third-order valence-corrected chi connectivity index (χ3v) is 3.78. The van der Waals surface area contributed by atoms with Crippen molar-refractivity contribution < 1.29 is 4.79 Å². The molecule has 11 heavy (non-hydrogen) atoms. The van der Waals surface area contributed by atoms with Crippen LogP contribution in [0.2, 0.25) is 0 Å². The Morgan fingerprint density at radius 1 is 1.45 bits per heavy atom. The molecule has 4 heteroatoms. The molecule has 0 aliphatic heterocycles. The summed E-state index contributed by atoms with van der Waals surface area (Å²) in [5, 5.41) is 2.53. The van der Waals surface area contributed by atoms with Crippen LogP contribution in [0.1, 0.15) is 13.8 Å². The van der Waals surface area contributed by atoms with E-state index in [-0.39, 0.29) is 17.2 Å². The second kappa shape index (κ2) is 2.27. The summed E-state index contributed by atoms with van der Waals surface area (Å²) in [4.78, 5) is 11.1. The molecule has 1 rings (SSSR count). The monoisotopic (exact) mass is 195 g/mol. The highest BCUT2D eigenvalue weighted by Crippen LogP contribution is 2.68. The van der Waals surface area contributed by atoms with Gasteiger partial charge in [0, 0.05) is 12.5 Å². The maximum atomic E-state index is 11.1. The Morgan fingerprint density at radius 3 is 1.91 bits per heavy atom. The van der Waals surface area contributed by atoms with Gasteiger partial charge in [0.25, 0.3) is 0 Å². The second-order valence-electron chi connectivity index (χ2n) is 3.39. The highest BCUT2D eigenvalue weighted by molar-refractivity contribution is 6.53. The van der Waals surface area contributed by atoms with Crippen molar-refractivity contribution in [3.05, 3.63) is 0 Å². The van der Waals surface area contributed by atoms with E-state index in [1.807, 2.05) is 13.8 Å². The number of nitrogens with one attached hydrogen (secondary N) is 1. The van der Waals surface area contributed by atoms with Crippen LogP contribution in [0, 0.1) is 11.3 Å². The molecule has 1 fully saturated rings. The first kappa shape index (κ1) is 9.14. The third-order valence-electron chi connectivity index (χ3n) is 2.37. The van der Waals surface area contributed by atoms with Gasteiger partial charge in [-0.25, -0.2) is 0 Å².